The fourth-order valence-electron chi connectivity index (χ4n) is 1.74. The molecule has 1 aromatic rings. The van der Waals surface area contributed by atoms with E-state index in [1.165, 1.54) is 11.3 Å². The van der Waals surface area contributed by atoms with Crippen LogP contribution in [0.3, 0.4) is 0 Å². The molecule has 0 saturated heterocycles. The quantitative estimate of drug-likeness (QED) is 0.442. The van der Waals surface area contributed by atoms with Crippen molar-refractivity contribution < 1.29 is 28.7 Å². The van der Waals surface area contributed by atoms with Crippen molar-refractivity contribution in [1.29, 1.82) is 0 Å². The van der Waals surface area contributed by atoms with E-state index in [9.17, 15) is 19.2 Å². The fourth-order valence-corrected chi connectivity index (χ4v) is 2.38. The summed E-state index contributed by atoms with van der Waals surface area (Å²) in [4.78, 5) is 46.3. The van der Waals surface area contributed by atoms with Gasteiger partial charge in [0, 0.05) is 19.5 Å². The third kappa shape index (κ3) is 9.46. The Hall–Kier alpha value is -2.42. The summed E-state index contributed by atoms with van der Waals surface area (Å²) in [6, 6.07) is 3.45. The van der Waals surface area contributed by atoms with Gasteiger partial charge in [-0.1, -0.05) is 6.07 Å². The normalized spacial score (nSPS) is 9.96. The van der Waals surface area contributed by atoms with Crippen molar-refractivity contribution in [1.82, 2.24) is 10.6 Å². The smallest absolute Gasteiger partial charge is 0.308 e. The molecule has 1 heterocycles. The number of carbonyl (C=O) groups excluding carboxylic acids is 4. The number of rotatable bonds is 11. The highest BCUT2D eigenvalue weighted by Crippen LogP contribution is 2.07. The van der Waals surface area contributed by atoms with Crippen molar-refractivity contribution in [2.75, 3.05) is 26.3 Å². The molecular formula is C16H22N2O6S. The van der Waals surface area contributed by atoms with E-state index in [0.717, 1.165) is 0 Å². The van der Waals surface area contributed by atoms with Crippen molar-refractivity contribution in [2.24, 2.45) is 0 Å². The van der Waals surface area contributed by atoms with E-state index < -0.39 is 18.5 Å². The summed E-state index contributed by atoms with van der Waals surface area (Å²) in [5.41, 5.74) is 0. The highest BCUT2D eigenvalue weighted by atomic mass is 32.1. The van der Waals surface area contributed by atoms with Gasteiger partial charge in [-0.2, -0.15) is 0 Å². The number of nitrogens with one attached hydrogen (secondary N) is 2. The van der Waals surface area contributed by atoms with Crippen molar-refractivity contribution in [2.45, 2.75) is 26.2 Å². The van der Waals surface area contributed by atoms with Gasteiger partial charge in [-0.25, -0.2) is 0 Å². The molecule has 0 aliphatic heterocycles. The Morgan fingerprint density at radius 1 is 1.04 bits per heavy atom. The molecule has 138 valence electrons. The summed E-state index contributed by atoms with van der Waals surface area (Å²) in [6.07, 6.45) is 0.651. The van der Waals surface area contributed by atoms with E-state index in [4.69, 9.17) is 9.47 Å². The van der Waals surface area contributed by atoms with Gasteiger partial charge >= 0.3 is 11.9 Å². The van der Waals surface area contributed by atoms with Crippen LogP contribution in [0, 0.1) is 0 Å². The number of carbonyl (C=O) groups is 4. The van der Waals surface area contributed by atoms with Crippen molar-refractivity contribution in [3.63, 3.8) is 0 Å². The van der Waals surface area contributed by atoms with Crippen LogP contribution in [0.25, 0.3) is 0 Å². The summed E-state index contributed by atoms with van der Waals surface area (Å²) in [6.45, 7) is 2.09. The molecule has 0 aromatic carbocycles. The molecule has 0 spiro atoms. The molecule has 25 heavy (non-hydrogen) atoms. The van der Waals surface area contributed by atoms with Crippen LogP contribution in [0.5, 0.6) is 0 Å². The third-order valence-electron chi connectivity index (χ3n) is 2.91. The molecule has 1 aromatic heterocycles. The SMILES string of the molecule is CCOC(=O)CCCNC(=O)COC(=O)CCNC(=O)c1cccs1. The molecule has 0 fully saturated rings. The molecule has 9 heteroatoms. The highest BCUT2D eigenvalue weighted by molar-refractivity contribution is 7.12. The predicted octanol–water partition coefficient (Wildman–Crippen LogP) is 0.871. The first-order valence-corrected chi connectivity index (χ1v) is 8.80. The van der Waals surface area contributed by atoms with Crippen molar-refractivity contribution in [3.8, 4) is 0 Å². The second-order valence-corrected chi connectivity index (χ2v) is 5.85. The molecule has 2 N–H and O–H groups in total. The zero-order valence-electron chi connectivity index (χ0n) is 14.0. The Balaban J connectivity index is 2.04. The van der Waals surface area contributed by atoms with Crippen LogP contribution in [-0.4, -0.2) is 50.1 Å². The van der Waals surface area contributed by atoms with Gasteiger partial charge in [0.2, 0.25) is 0 Å². The van der Waals surface area contributed by atoms with Gasteiger partial charge in [0.15, 0.2) is 6.61 Å². The predicted molar refractivity (Wildman–Crippen MR) is 91.1 cm³/mol. The van der Waals surface area contributed by atoms with Crippen LogP contribution >= 0.6 is 11.3 Å². The van der Waals surface area contributed by atoms with Gasteiger partial charge < -0.3 is 20.1 Å². The largest absolute Gasteiger partial charge is 0.466 e. The zero-order chi connectivity index (χ0) is 18.5. The highest BCUT2D eigenvalue weighted by Gasteiger charge is 2.10. The second kappa shape index (κ2) is 12.0. The summed E-state index contributed by atoms with van der Waals surface area (Å²) >= 11 is 1.31. The number of esters is 2. The molecule has 0 aliphatic rings. The molecule has 0 atom stereocenters. The topological polar surface area (TPSA) is 111 Å². The molecule has 0 bridgehead atoms. The molecule has 0 radical (unpaired) electrons. The van der Waals surface area contributed by atoms with E-state index in [1.54, 1.807) is 24.4 Å². The standard InChI is InChI=1S/C16H22N2O6S/c1-2-23-14(20)6-3-8-17-13(19)11-24-15(21)7-9-18-16(22)12-5-4-10-25-12/h4-5,10H,2-3,6-9,11H2,1H3,(H,17,19)(H,18,22). The molecular weight excluding hydrogens is 348 g/mol. The first-order valence-electron chi connectivity index (χ1n) is 7.92. The van der Waals surface area contributed by atoms with Gasteiger partial charge in [0.05, 0.1) is 17.9 Å². The third-order valence-corrected chi connectivity index (χ3v) is 3.78. The lowest BCUT2D eigenvalue weighted by molar-refractivity contribution is -0.148. The van der Waals surface area contributed by atoms with E-state index >= 15 is 0 Å². The Morgan fingerprint density at radius 3 is 2.48 bits per heavy atom. The summed E-state index contributed by atoms with van der Waals surface area (Å²) in [5, 5.41) is 6.91. The summed E-state index contributed by atoms with van der Waals surface area (Å²) in [7, 11) is 0. The minimum absolute atomic E-state index is 0.0206. The maximum absolute atomic E-state index is 11.6. The molecule has 0 unspecified atom stereocenters. The van der Waals surface area contributed by atoms with Crippen LogP contribution in [0.2, 0.25) is 0 Å². The summed E-state index contributed by atoms with van der Waals surface area (Å²) in [5.74, 6) is -1.58. The monoisotopic (exact) mass is 370 g/mol. The Kier molecular flexibility index (Phi) is 9.91. The first-order chi connectivity index (χ1) is 12.0. The second-order valence-electron chi connectivity index (χ2n) is 4.90. The maximum Gasteiger partial charge on any atom is 0.308 e. The number of hydrogen-bond donors (Lipinski definition) is 2. The number of thiophene rings is 1. The van der Waals surface area contributed by atoms with E-state index in [-0.39, 0.29) is 31.3 Å². The lowest BCUT2D eigenvalue weighted by Gasteiger charge is -2.07. The molecule has 0 aliphatic carbocycles. The Labute approximate surface area is 149 Å². The van der Waals surface area contributed by atoms with Crippen LogP contribution in [0.4, 0.5) is 0 Å². The summed E-state index contributed by atoms with van der Waals surface area (Å²) < 4.78 is 9.56. The van der Waals surface area contributed by atoms with Crippen molar-refractivity contribution in [3.05, 3.63) is 22.4 Å². The maximum atomic E-state index is 11.6. The average molecular weight is 370 g/mol. The fraction of sp³-hybridized carbons (Fsp3) is 0.500. The molecule has 2 amide bonds. The van der Waals surface area contributed by atoms with E-state index in [1.807, 2.05) is 0 Å². The van der Waals surface area contributed by atoms with E-state index in [2.05, 4.69) is 10.6 Å². The van der Waals surface area contributed by atoms with Gasteiger partial charge in [-0.3, -0.25) is 19.2 Å². The minimum atomic E-state index is -0.576. The lowest BCUT2D eigenvalue weighted by Crippen LogP contribution is -2.31. The van der Waals surface area contributed by atoms with E-state index in [0.29, 0.717) is 24.4 Å². The lowest BCUT2D eigenvalue weighted by atomic mass is 10.3. The van der Waals surface area contributed by atoms with Crippen LogP contribution < -0.4 is 10.6 Å². The molecule has 1 rings (SSSR count). The zero-order valence-corrected chi connectivity index (χ0v) is 14.9. The Morgan fingerprint density at radius 2 is 1.80 bits per heavy atom. The van der Waals surface area contributed by atoms with Gasteiger partial charge in [-0.05, 0) is 24.8 Å². The number of ether oxygens (including phenoxy) is 2. The molecule has 8 nitrogen and oxygen atoms in total. The van der Waals surface area contributed by atoms with Gasteiger partial charge in [-0.15, -0.1) is 11.3 Å². The first kappa shape index (κ1) is 20.6. The van der Waals surface area contributed by atoms with Crippen LogP contribution in [-0.2, 0) is 23.9 Å². The number of amides is 2. The minimum Gasteiger partial charge on any atom is -0.466 e. The average Bonchev–Trinajstić information content (AvgIpc) is 3.12. The molecule has 0 saturated carbocycles. The number of hydrogen-bond acceptors (Lipinski definition) is 7. The van der Waals surface area contributed by atoms with Crippen LogP contribution in [0.1, 0.15) is 35.9 Å². The Bertz CT molecular complexity index is 573. The van der Waals surface area contributed by atoms with Crippen LogP contribution in [0.15, 0.2) is 17.5 Å². The van der Waals surface area contributed by atoms with Gasteiger partial charge in [0.25, 0.3) is 11.8 Å². The van der Waals surface area contributed by atoms with Crippen molar-refractivity contribution >= 4 is 35.1 Å². The van der Waals surface area contributed by atoms with Gasteiger partial charge in [0.1, 0.15) is 0 Å².